The summed E-state index contributed by atoms with van der Waals surface area (Å²) in [7, 11) is 0. The summed E-state index contributed by atoms with van der Waals surface area (Å²) in [4.78, 5) is 0. The largest absolute Gasteiger partial charge is 0.309 e. The van der Waals surface area contributed by atoms with E-state index in [2.05, 4.69) is 253 Å². The molecule has 0 aliphatic carbocycles. The predicted molar refractivity (Wildman–Crippen MR) is 299 cm³/mol. The molecule has 0 saturated heterocycles. The maximum absolute atomic E-state index is 2.46. The zero-order valence-corrected chi connectivity index (χ0v) is 39.1. The molecule has 0 unspecified atom stereocenters. The average Bonchev–Trinajstić information content (AvgIpc) is 4.10. The number of para-hydroxylation sites is 1. The second-order valence-electron chi connectivity index (χ2n) is 18.0. The zero-order valence-electron chi connectivity index (χ0n) is 37.4. The Balaban J connectivity index is 1.01. The molecule has 3 aromatic heterocycles. The maximum atomic E-state index is 2.46. The molecule has 0 amide bonds. The summed E-state index contributed by atoms with van der Waals surface area (Å²) in [5.74, 6) is 0. The van der Waals surface area contributed by atoms with Crippen molar-refractivity contribution in [3.8, 4) is 72.4 Å². The molecule has 69 heavy (non-hydrogen) atoms. The van der Waals surface area contributed by atoms with Crippen molar-refractivity contribution in [3.63, 3.8) is 0 Å². The first-order valence-electron chi connectivity index (χ1n) is 23.6. The molecule has 3 heteroatoms. The smallest absolute Gasteiger partial charge is 0.0541 e. The van der Waals surface area contributed by atoms with Crippen LogP contribution in [0.2, 0.25) is 0 Å². The molecule has 14 rings (SSSR count). The van der Waals surface area contributed by atoms with E-state index in [0.717, 1.165) is 5.69 Å². The third kappa shape index (κ3) is 6.73. The zero-order chi connectivity index (χ0) is 45.4. The van der Waals surface area contributed by atoms with Crippen LogP contribution >= 0.6 is 22.7 Å². The van der Waals surface area contributed by atoms with Gasteiger partial charge in [0.15, 0.2) is 0 Å². The van der Waals surface area contributed by atoms with E-state index in [1.165, 1.54) is 129 Å². The predicted octanol–water partition coefficient (Wildman–Crippen LogP) is 19.5. The van der Waals surface area contributed by atoms with Crippen molar-refractivity contribution in [1.29, 1.82) is 0 Å². The first kappa shape index (κ1) is 39.8. The Morgan fingerprint density at radius 2 is 0.565 bits per heavy atom. The Labute approximate surface area is 408 Å². The van der Waals surface area contributed by atoms with Crippen LogP contribution in [-0.4, -0.2) is 4.57 Å². The number of aromatic nitrogens is 1. The minimum atomic E-state index is 1.15. The first-order chi connectivity index (χ1) is 34.2. The average molecular weight is 912 g/mol. The Morgan fingerprint density at radius 3 is 0.971 bits per heavy atom. The lowest BCUT2D eigenvalue weighted by atomic mass is 9.93. The van der Waals surface area contributed by atoms with Crippen LogP contribution in [-0.2, 0) is 0 Å². The van der Waals surface area contributed by atoms with Crippen molar-refractivity contribution in [2.24, 2.45) is 0 Å². The second-order valence-corrected chi connectivity index (χ2v) is 20.1. The van der Waals surface area contributed by atoms with Crippen LogP contribution < -0.4 is 0 Å². The molecular weight excluding hydrogens is 871 g/mol. The highest BCUT2D eigenvalue weighted by atomic mass is 32.1. The van der Waals surface area contributed by atoms with Gasteiger partial charge in [-0.25, -0.2) is 0 Å². The van der Waals surface area contributed by atoms with Crippen LogP contribution in [0.15, 0.2) is 249 Å². The van der Waals surface area contributed by atoms with Crippen molar-refractivity contribution in [3.05, 3.63) is 249 Å². The van der Waals surface area contributed by atoms with Crippen molar-refractivity contribution in [1.82, 2.24) is 4.57 Å². The van der Waals surface area contributed by atoms with E-state index < -0.39 is 0 Å². The SMILES string of the molecule is c1ccc(-c2ccc3sc4c(-c5ccc6c(c5)c5cc(-c7cc(-c8ccccc8)cc8c7sc7ccc(-c9ccccc9)cc78)ccc5n6-c5ccccc5)cc(-c5ccccc5)cc4c3c2)cc1. The minimum absolute atomic E-state index is 1.15. The van der Waals surface area contributed by atoms with E-state index in [-0.39, 0.29) is 0 Å². The Bertz CT molecular complexity index is 4000. The molecule has 3 heterocycles. The maximum Gasteiger partial charge on any atom is 0.0541 e. The van der Waals surface area contributed by atoms with Gasteiger partial charge in [-0.3, -0.25) is 0 Å². The molecular formula is C66H41NS2. The van der Waals surface area contributed by atoms with Gasteiger partial charge in [-0.15, -0.1) is 22.7 Å². The van der Waals surface area contributed by atoms with Gasteiger partial charge in [-0.05, 0) is 141 Å². The Kier molecular flexibility index (Phi) is 9.33. The normalized spacial score (nSPS) is 11.8. The quantitative estimate of drug-likeness (QED) is 0.150. The molecule has 11 aromatic carbocycles. The number of rotatable bonds is 7. The number of thiophene rings is 2. The molecule has 0 spiro atoms. The number of hydrogen-bond donors (Lipinski definition) is 0. The molecule has 1 nitrogen and oxygen atoms in total. The summed E-state index contributed by atoms with van der Waals surface area (Å²) in [5, 5.41) is 7.64. The van der Waals surface area contributed by atoms with Crippen LogP contribution in [0.5, 0.6) is 0 Å². The van der Waals surface area contributed by atoms with E-state index in [1.54, 1.807) is 0 Å². The monoisotopic (exact) mass is 911 g/mol. The van der Waals surface area contributed by atoms with Gasteiger partial charge in [-0.1, -0.05) is 164 Å². The number of hydrogen-bond acceptors (Lipinski definition) is 2. The fourth-order valence-electron chi connectivity index (χ4n) is 10.6. The molecule has 0 fully saturated rings. The van der Waals surface area contributed by atoms with Crippen molar-refractivity contribution in [2.45, 2.75) is 0 Å². The first-order valence-corrected chi connectivity index (χ1v) is 25.2. The van der Waals surface area contributed by atoms with Gasteiger partial charge < -0.3 is 4.57 Å². The van der Waals surface area contributed by atoms with Crippen LogP contribution in [0, 0.1) is 0 Å². The summed E-state index contributed by atoms with van der Waals surface area (Å²) >= 11 is 3.80. The Hall–Kier alpha value is -8.34. The summed E-state index contributed by atoms with van der Waals surface area (Å²) in [6, 6.07) is 92.0. The standard InChI is InChI=1S/C66H41NS2/c1-6-16-42(17-7-1)46-28-32-63-57(34-46)59-40-50(44-20-10-3-11-21-44)38-53(65(59)68-63)48-26-30-61-55(36-48)56-37-49(27-31-62(56)67(61)52-24-14-5-15-25-52)54-39-51(45-22-12-4-13-23-45)41-60-58-35-47(43-18-8-2-9-19-43)29-33-64(58)69-66(54)60/h1-41H. The summed E-state index contributed by atoms with van der Waals surface area (Å²) in [6.07, 6.45) is 0. The van der Waals surface area contributed by atoms with Gasteiger partial charge >= 0.3 is 0 Å². The molecule has 14 aromatic rings. The van der Waals surface area contributed by atoms with Gasteiger partial charge in [0.25, 0.3) is 0 Å². The highest BCUT2D eigenvalue weighted by molar-refractivity contribution is 7.26. The summed E-state index contributed by atoms with van der Waals surface area (Å²) in [5.41, 5.74) is 18.3. The van der Waals surface area contributed by atoms with E-state index >= 15 is 0 Å². The van der Waals surface area contributed by atoms with Crippen LogP contribution in [0.3, 0.4) is 0 Å². The third-order valence-corrected chi connectivity index (χ3v) is 16.4. The molecule has 0 N–H and O–H groups in total. The van der Waals surface area contributed by atoms with Crippen molar-refractivity contribution >= 4 is 84.8 Å². The topological polar surface area (TPSA) is 4.93 Å². The summed E-state index contributed by atoms with van der Waals surface area (Å²) in [6.45, 7) is 0. The minimum Gasteiger partial charge on any atom is -0.309 e. The molecule has 0 radical (unpaired) electrons. The number of fused-ring (bicyclic) bond motifs is 9. The molecule has 0 saturated carbocycles. The molecule has 322 valence electrons. The van der Waals surface area contributed by atoms with E-state index in [9.17, 15) is 0 Å². The van der Waals surface area contributed by atoms with Gasteiger partial charge in [0.2, 0.25) is 0 Å². The molecule has 0 bridgehead atoms. The fourth-order valence-corrected chi connectivity index (χ4v) is 13.0. The van der Waals surface area contributed by atoms with Crippen LogP contribution in [0.4, 0.5) is 0 Å². The van der Waals surface area contributed by atoms with Crippen molar-refractivity contribution < 1.29 is 0 Å². The van der Waals surface area contributed by atoms with Crippen molar-refractivity contribution in [2.75, 3.05) is 0 Å². The number of nitrogens with zero attached hydrogens (tertiary/aromatic N) is 1. The van der Waals surface area contributed by atoms with Gasteiger partial charge in [0.05, 0.1) is 11.0 Å². The summed E-state index contributed by atoms with van der Waals surface area (Å²) < 4.78 is 7.65. The van der Waals surface area contributed by atoms with E-state index in [4.69, 9.17) is 0 Å². The third-order valence-electron chi connectivity index (χ3n) is 14.0. The van der Waals surface area contributed by atoms with E-state index in [0.29, 0.717) is 0 Å². The molecule has 0 atom stereocenters. The highest BCUT2D eigenvalue weighted by Crippen LogP contribution is 2.48. The molecule has 0 aliphatic rings. The molecule has 0 aliphatic heterocycles. The van der Waals surface area contributed by atoms with Gasteiger partial charge in [-0.2, -0.15) is 0 Å². The lowest BCUT2D eigenvalue weighted by Gasteiger charge is -2.11. The van der Waals surface area contributed by atoms with E-state index in [1.807, 2.05) is 22.7 Å². The van der Waals surface area contributed by atoms with Gasteiger partial charge in [0.1, 0.15) is 0 Å². The highest BCUT2D eigenvalue weighted by Gasteiger charge is 2.20. The second kappa shape index (κ2) is 16.2. The van der Waals surface area contributed by atoms with Crippen LogP contribution in [0.1, 0.15) is 0 Å². The Morgan fingerprint density at radius 1 is 0.232 bits per heavy atom. The van der Waals surface area contributed by atoms with Crippen LogP contribution in [0.25, 0.3) is 135 Å². The lowest BCUT2D eigenvalue weighted by molar-refractivity contribution is 1.18. The number of benzene rings is 11. The lowest BCUT2D eigenvalue weighted by Crippen LogP contribution is -1.93. The van der Waals surface area contributed by atoms with Gasteiger partial charge in [0, 0.05) is 67.9 Å². The fraction of sp³-hybridized carbons (Fsp3) is 0.